The standard InChI is InChI=1S/C20H19N5OS/c1-21-20(27)25-19(14-5-8-16-18(11-14)23-10-9-22-16)12-17(24-25)13-3-6-15(26-2)7-4-13/h3-11,19H,12H2,1-2H3,(H,21,27)/t19-/m1/s1. The zero-order chi connectivity index (χ0) is 18.8. The third kappa shape index (κ3) is 3.33. The maximum atomic E-state index is 5.49. The van der Waals surface area contributed by atoms with Gasteiger partial charge < -0.3 is 10.1 Å². The molecule has 2 heterocycles. The summed E-state index contributed by atoms with van der Waals surface area (Å²) in [5.74, 6) is 0.824. The van der Waals surface area contributed by atoms with Crippen LogP contribution in [0.3, 0.4) is 0 Å². The maximum Gasteiger partial charge on any atom is 0.189 e. The molecule has 1 aromatic heterocycles. The van der Waals surface area contributed by atoms with Gasteiger partial charge in [-0.15, -0.1) is 0 Å². The Morgan fingerprint density at radius 3 is 2.56 bits per heavy atom. The number of ether oxygens (including phenoxy) is 1. The van der Waals surface area contributed by atoms with Gasteiger partial charge >= 0.3 is 0 Å². The molecule has 0 radical (unpaired) electrons. The minimum absolute atomic E-state index is 0.00783. The first kappa shape index (κ1) is 17.4. The number of methoxy groups -OCH3 is 1. The highest BCUT2D eigenvalue weighted by Crippen LogP contribution is 2.34. The van der Waals surface area contributed by atoms with E-state index in [-0.39, 0.29) is 6.04 Å². The molecule has 0 fully saturated rings. The smallest absolute Gasteiger partial charge is 0.189 e. The van der Waals surface area contributed by atoms with E-state index in [1.807, 2.05) is 42.4 Å². The summed E-state index contributed by atoms with van der Waals surface area (Å²) in [6.45, 7) is 0. The number of hydrogen-bond donors (Lipinski definition) is 1. The van der Waals surface area contributed by atoms with Crippen molar-refractivity contribution < 1.29 is 4.74 Å². The molecular weight excluding hydrogens is 358 g/mol. The second-order valence-electron chi connectivity index (χ2n) is 6.20. The molecule has 1 aliphatic rings. The Hall–Kier alpha value is -3.06. The summed E-state index contributed by atoms with van der Waals surface area (Å²) in [5, 5.41) is 10.3. The van der Waals surface area contributed by atoms with Gasteiger partial charge in [-0.05, 0) is 59.7 Å². The Morgan fingerprint density at radius 2 is 1.85 bits per heavy atom. The van der Waals surface area contributed by atoms with E-state index in [4.69, 9.17) is 22.1 Å². The molecule has 0 unspecified atom stereocenters. The summed E-state index contributed by atoms with van der Waals surface area (Å²) in [5.41, 5.74) is 4.89. The second kappa shape index (κ2) is 7.28. The van der Waals surface area contributed by atoms with Crippen LogP contribution in [0.1, 0.15) is 23.6 Å². The molecule has 6 nitrogen and oxygen atoms in total. The SMILES string of the molecule is CNC(=S)N1N=C(c2ccc(OC)cc2)C[C@@H]1c1ccc2nccnc2c1. The molecule has 7 heteroatoms. The lowest BCUT2D eigenvalue weighted by Crippen LogP contribution is -2.34. The Labute approximate surface area is 162 Å². The van der Waals surface area contributed by atoms with Crippen LogP contribution in [0, 0.1) is 0 Å². The van der Waals surface area contributed by atoms with Gasteiger partial charge in [-0.2, -0.15) is 5.10 Å². The average Bonchev–Trinajstić information content (AvgIpc) is 3.18. The summed E-state index contributed by atoms with van der Waals surface area (Å²) in [6.07, 6.45) is 4.15. The summed E-state index contributed by atoms with van der Waals surface area (Å²) < 4.78 is 5.25. The quantitative estimate of drug-likeness (QED) is 0.707. The molecule has 2 aromatic carbocycles. The van der Waals surface area contributed by atoms with Crippen LogP contribution < -0.4 is 10.1 Å². The van der Waals surface area contributed by atoms with Crippen molar-refractivity contribution in [2.75, 3.05) is 14.2 Å². The van der Waals surface area contributed by atoms with E-state index in [9.17, 15) is 0 Å². The van der Waals surface area contributed by atoms with Crippen molar-refractivity contribution >= 4 is 34.1 Å². The first-order valence-corrected chi connectivity index (χ1v) is 9.04. The first-order chi connectivity index (χ1) is 13.2. The fourth-order valence-electron chi connectivity index (χ4n) is 3.22. The molecule has 136 valence electrons. The van der Waals surface area contributed by atoms with Crippen LogP contribution in [0.25, 0.3) is 11.0 Å². The number of thiocarbonyl (C=S) groups is 1. The van der Waals surface area contributed by atoms with E-state index in [1.54, 1.807) is 19.5 Å². The zero-order valence-corrected chi connectivity index (χ0v) is 15.9. The summed E-state index contributed by atoms with van der Waals surface area (Å²) in [6, 6.07) is 14.1. The van der Waals surface area contributed by atoms with Crippen LogP contribution in [0.15, 0.2) is 60.0 Å². The third-order valence-electron chi connectivity index (χ3n) is 4.63. The van der Waals surface area contributed by atoms with Gasteiger partial charge in [-0.25, -0.2) is 5.01 Å². The number of fused-ring (bicyclic) bond motifs is 1. The molecule has 1 aliphatic heterocycles. The molecule has 4 rings (SSSR count). The molecular formula is C20H19N5OS. The molecule has 1 N–H and O–H groups in total. The van der Waals surface area contributed by atoms with Crippen molar-refractivity contribution in [2.24, 2.45) is 5.10 Å². The highest BCUT2D eigenvalue weighted by molar-refractivity contribution is 7.80. The van der Waals surface area contributed by atoms with Gasteiger partial charge in [0.2, 0.25) is 0 Å². The normalized spacial score (nSPS) is 16.3. The van der Waals surface area contributed by atoms with Crippen molar-refractivity contribution in [3.05, 3.63) is 66.0 Å². The van der Waals surface area contributed by atoms with Crippen LogP contribution >= 0.6 is 12.2 Å². The van der Waals surface area contributed by atoms with Crippen molar-refractivity contribution in [1.82, 2.24) is 20.3 Å². The van der Waals surface area contributed by atoms with Gasteiger partial charge in [0.25, 0.3) is 0 Å². The number of hydrogen-bond acceptors (Lipinski definition) is 5. The monoisotopic (exact) mass is 377 g/mol. The van der Waals surface area contributed by atoms with Gasteiger partial charge in [0.1, 0.15) is 5.75 Å². The number of nitrogens with one attached hydrogen (secondary N) is 1. The van der Waals surface area contributed by atoms with Crippen molar-refractivity contribution in [3.63, 3.8) is 0 Å². The Balaban J connectivity index is 1.69. The number of benzene rings is 2. The van der Waals surface area contributed by atoms with Crippen LogP contribution in [0.2, 0.25) is 0 Å². The minimum atomic E-state index is 0.00783. The second-order valence-corrected chi connectivity index (χ2v) is 6.59. The summed E-state index contributed by atoms with van der Waals surface area (Å²) in [4.78, 5) is 8.76. The predicted octanol–water partition coefficient (Wildman–Crippen LogP) is 3.29. The Morgan fingerprint density at radius 1 is 1.11 bits per heavy atom. The highest BCUT2D eigenvalue weighted by atomic mass is 32.1. The minimum Gasteiger partial charge on any atom is -0.497 e. The van der Waals surface area contributed by atoms with Gasteiger partial charge in [0.15, 0.2) is 5.11 Å². The average molecular weight is 377 g/mol. The first-order valence-electron chi connectivity index (χ1n) is 8.63. The molecule has 1 atom stereocenters. The fourth-order valence-corrected chi connectivity index (χ4v) is 3.39. The van der Waals surface area contributed by atoms with E-state index < -0.39 is 0 Å². The van der Waals surface area contributed by atoms with Crippen LogP contribution in [-0.2, 0) is 0 Å². The van der Waals surface area contributed by atoms with E-state index in [2.05, 4.69) is 27.4 Å². The lowest BCUT2D eigenvalue weighted by molar-refractivity contribution is 0.367. The van der Waals surface area contributed by atoms with Crippen molar-refractivity contribution in [2.45, 2.75) is 12.5 Å². The lowest BCUT2D eigenvalue weighted by atomic mass is 9.98. The van der Waals surface area contributed by atoms with Crippen LogP contribution in [-0.4, -0.2) is 40.0 Å². The van der Waals surface area contributed by atoms with Crippen molar-refractivity contribution in [3.8, 4) is 5.75 Å². The Kier molecular flexibility index (Phi) is 4.68. The number of rotatable bonds is 3. The summed E-state index contributed by atoms with van der Waals surface area (Å²) in [7, 11) is 3.47. The fraction of sp³-hybridized carbons (Fsp3) is 0.200. The number of hydrazone groups is 1. The van der Waals surface area contributed by atoms with Gasteiger partial charge in [0, 0.05) is 25.9 Å². The molecule has 0 bridgehead atoms. The third-order valence-corrected chi connectivity index (χ3v) is 5.02. The molecule has 3 aromatic rings. The largest absolute Gasteiger partial charge is 0.497 e. The lowest BCUT2D eigenvalue weighted by Gasteiger charge is -2.23. The number of nitrogens with zero attached hydrogens (tertiary/aromatic N) is 4. The van der Waals surface area contributed by atoms with E-state index >= 15 is 0 Å². The molecule has 0 spiro atoms. The van der Waals surface area contributed by atoms with Crippen LogP contribution in [0.5, 0.6) is 5.75 Å². The van der Waals surface area contributed by atoms with Crippen molar-refractivity contribution in [1.29, 1.82) is 0 Å². The highest BCUT2D eigenvalue weighted by Gasteiger charge is 2.31. The molecule has 0 saturated carbocycles. The van der Waals surface area contributed by atoms with Gasteiger partial charge in [0.05, 0.1) is 29.9 Å². The number of aromatic nitrogens is 2. The molecule has 0 amide bonds. The zero-order valence-electron chi connectivity index (χ0n) is 15.1. The summed E-state index contributed by atoms with van der Waals surface area (Å²) >= 11 is 5.49. The van der Waals surface area contributed by atoms with Crippen LogP contribution in [0.4, 0.5) is 0 Å². The topological polar surface area (TPSA) is 62.6 Å². The molecule has 27 heavy (non-hydrogen) atoms. The van der Waals surface area contributed by atoms with E-state index in [0.717, 1.165) is 40.0 Å². The predicted molar refractivity (Wildman–Crippen MR) is 110 cm³/mol. The van der Waals surface area contributed by atoms with E-state index in [0.29, 0.717) is 5.11 Å². The van der Waals surface area contributed by atoms with E-state index in [1.165, 1.54) is 0 Å². The maximum absolute atomic E-state index is 5.49. The van der Waals surface area contributed by atoms with Gasteiger partial charge in [-0.1, -0.05) is 6.07 Å². The molecule has 0 aliphatic carbocycles. The Bertz CT molecular complexity index is 1020. The molecule has 0 saturated heterocycles. The van der Waals surface area contributed by atoms with Gasteiger partial charge in [-0.3, -0.25) is 9.97 Å².